The summed E-state index contributed by atoms with van der Waals surface area (Å²) in [5.41, 5.74) is 2.18. The van der Waals surface area contributed by atoms with Crippen LogP contribution in [0.2, 0.25) is 0 Å². The standard InChI is InChI=1S/C32H41F3O/c1-4-6-8-9-10-11-14-24-18-20-26-25(22-24)19-21-28(32(26)35)27-15-12-13-17-29(27)36-30(16-7-5-2)31(34)23(3)33/h12-13,15,17-23,30-31H,4-11,14,16H2,1-3H3. The van der Waals surface area contributed by atoms with Gasteiger partial charge in [0.1, 0.15) is 23.8 Å². The lowest BCUT2D eigenvalue weighted by Crippen LogP contribution is -2.34. The minimum Gasteiger partial charge on any atom is -0.487 e. The van der Waals surface area contributed by atoms with Crippen LogP contribution in [-0.4, -0.2) is 18.4 Å². The third-order valence-electron chi connectivity index (χ3n) is 6.93. The second kappa shape index (κ2) is 14.3. The highest BCUT2D eigenvalue weighted by atomic mass is 19.2. The largest absolute Gasteiger partial charge is 0.487 e. The summed E-state index contributed by atoms with van der Waals surface area (Å²) < 4.78 is 50.2. The maximum Gasteiger partial charge on any atom is 0.167 e. The number of alkyl halides is 2. The number of ether oxygens (including phenoxy) is 1. The number of hydrogen-bond donors (Lipinski definition) is 0. The number of benzene rings is 3. The molecule has 0 aliphatic carbocycles. The van der Waals surface area contributed by atoms with E-state index in [1.807, 2.05) is 25.1 Å². The molecule has 3 atom stereocenters. The van der Waals surface area contributed by atoms with E-state index >= 15 is 4.39 Å². The van der Waals surface area contributed by atoms with Crippen molar-refractivity contribution in [2.24, 2.45) is 0 Å². The van der Waals surface area contributed by atoms with E-state index in [0.29, 0.717) is 28.7 Å². The predicted octanol–water partition coefficient (Wildman–Crippen LogP) is 10.2. The minimum absolute atomic E-state index is 0.324. The Morgan fingerprint density at radius 2 is 1.50 bits per heavy atom. The first kappa shape index (κ1) is 28.1. The fourth-order valence-corrected chi connectivity index (χ4v) is 4.75. The Labute approximate surface area is 215 Å². The molecule has 0 aliphatic heterocycles. The quantitative estimate of drug-likeness (QED) is 0.189. The van der Waals surface area contributed by atoms with Crippen LogP contribution in [0.4, 0.5) is 13.2 Å². The summed E-state index contributed by atoms with van der Waals surface area (Å²) >= 11 is 0. The molecule has 0 saturated carbocycles. The smallest absolute Gasteiger partial charge is 0.167 e. The lowest BCUT2D eigenvalue weighted by Gasteiger charge is -2.25. The molecule has 3 unspecified atom stereocenters. The second-order valence-corrected chi connectivity index (χ2v) is 9.92. The minimum atomic E-state index is -1.74. The molecule has 4 heteroatoms. The molecule has 0 bridgehead atoms. The van der Waals surface area contributed by atoms with Crippen molar-refractivity contribution >= 4 is 10.8 Å². The maximum absolute atomic E-state index is 15.7. The van der Waals surface area contributed by atoms with Crippen LogP contribution >= 0.6 is 0 Å². The van der Waals surface area contributed by atoms with Gasteiger partial charge in [-0.15, -0.1) is 0 Å². The van der Waals surface area contributed by atoms with E-state index in [4.69, 9.17) is 4.74 Å². The van der Waals surface area contributed by atoms with Gasteiger partial charge >= 0.3 is 0 Å². The number of para-hydroxylation sites is 1. The van der Waals surface area contributed by atoms with Crippen LogP contribution < -0.4 is 4.74 Å². The molecule has 0 aliphatic rings. The molecule has 0 amide bonds. The van der Waals surface area contributed by atoms with Gasteiger partial charge < -0.3 is 4.74 Å². The molecule has 36 heavy (non-hydrogen) atoms. The number of hydrogen-bond acceptors (Lipinski definition) is 1. The van der Waals surface area contributed by atoms with Crippen molar-refractivity contribution in [2.45, 2.75) is 103 Å². The SMILES string of the molecule is CCCCCCCCc1ccc2c(F)c(-c3ccccc3OC(CCCC)C(F)C(C)F)ccc2c1. The van der Waals surface area contributed by atoms with Crippen LogP contribution in [-0.2, 0) is 6.42 Å². The first-order chi connectivity index (χ1) is 17.5. The lowest BCUT2D eigenvalue weighted by atomic mass is 9.96. The van der Waals surface area contributed by atoms with Gasteiger partial charge in [-0.05, 0) is 49.6 Å². The molecular weight excluding hydrogens is 457 g/mol. The van der Waals surface area contributed by atoms with Gasteiger partial charge in [0.25, 0.3) is 0 Å². The summed E-state index contributed by atoms with van der Waals surface area (Å²) in [4.78, 5) is 0. The van der Waals surface area contributed by atoms with Gasteiger partial charge in [-0.3, -0.25) is 0 Å². The molecule has 3 aromatic carbocycles. The molecule has 0 radical (unpaired) electrons. The van der Waals surface area contributed by atoms with Crippen molar-refractivity contribution in [1.29, 1.82) is 0 Å². The molecular formula is C32H41F3O. The average Bonchev–Trinajstić information content (AvgIpc) is 2.88. The zero-order valence-corrected chi connectivity index (χ0v) is 22.0. The van der Waals surface area contributed by atoms with Gasteiger partial charge in [-0.1, -0.05) is 101 Å². The van der Waals surface area contributed by atoms with Crippen LogP contribution in [0.1, 0.15) is 84.1 Å². The summed E-state index contributed by atoms with van der Waals surface area (Å²) in [6, 6.07) is 16.7. The van der Waals surface area contributed by atoms with Crippen molar-refractivity contribution in [3.8, 4) is 16.9 Å². The van der Waals surface area contributed by atoms with Crippen molar-refractivity contribution in [1.82, 2.24) is 0 Å². The molecule has 196 valence electrons. The Morgan fingerprint density at radius 1 is 0.778 bits per heavy atom. The van der Waals surface area contributed by atoms with E-state index in [-0.39, 0.29) is 5.82 Å². The molecule has 3 rings (SSSR count). The fourth-order valence-electron chi connectivity index (χ4n) is 4.75. The first-order valence-corrected chi connectivity index (χ1v) is 13.7. The zero-order valence-electron chi connectivity index (χ0n) is 22.0. The van der Waals surface area contributed by atoms with E-state index in [1.54, 1.807) is 30.3 Å². The van der Waals surface area contributed by atoms with Gasteiger partial charge in [0.05, 0.1) is 0 Å². The predicted molar refractivity (Wildman–Crippen MR) is 146 cm³/mol. The summed E-state index contributed by atoms with van der Waals surface area (Å²) in [5.74, 6) is 0.0512. The summed E-state index contributed by atoms with van der Waals surface area (Å²) in [6.45, 7) is 5.44. The summed E-state index contributed by atoms with van der Waals surface area (Å²) in [7, 11) is 0. The molecule has 0 saturated heterocycles. The molecule has 3 aromatic rings. The molecule has 0 aromatic heterocycles. The summed E-state index contributed by atoms with van der Waals surface area (Å²) in [5, 5.41) is 1.42. The fraction of sp³-hybridized carbons (Fsp3) is 0.500. The van der Waals surface area contributed by atoms with Crippen LogP contribution in [0.3, 0.4) is 0 Å². The maximum atomic E-state index is 15.7. The molecule has 0 heterocycles. The zero-order chi connectivity index (χ0) is 25.9. The van der Waals surface area contributed by atoms with Crippen molar-refractivity contribution in [3.63, 3.8) is 0 Å². The highest BCUT2D eigenvalue weighted by molar-refractivity contribution is 5.89. The van der Waals surface area contributed by atoms with Crippen molar-refractivity contribution in [2.75, 3.05) is 0 Å². The average molecular weight is 499 g/mol. The van der Waals surface area contributed by atoms with Gasteiger partial charge in [0, 0.05) is 16.5 Å². The third kappa shape index (κ3) is 7.51. The monoisotopic (exact) mass is 498 g/mol. The molecule has 0 N–H and O–H groups in total. The van der Waals surface area contributed by atoms with Gasteiger partial charge in [-0.25, -0.2) is 13.2 Å². The topological polar surface area (TPSA) is 9.23 Å². The Morgan fingerprint density at radius 3 is 2.25 bits per heavy atom. The Balaban J connectivity index is 1.82. The second-order valence-electron chi connectivity index (χ2n) is 9.92. The lowest BCUT2D eigenvalue weighted by molar-refractivity contribution is 0.0433. The van der Waals surface area contributed by atoms with Crippen LogP contribution in [0, 0.1) is 5.82 Å². The first-order valence-electron chi connectivity index (χ1n) is 13.7. The normalized spacial score (nSPS) is 14.1. The molecule has 0 spiro atoms. The van der Waals surface area contributed by atoms with E-state index in [2.05, 4.69) is 13.0 Å². The Bertz CT molecular complexity index is 1080. The highest BCUT2D eigenvalue weighted by Gasteiger charge is 2.29. The van der Waals surface area contributed by atoms with E-state index in [1.165, 1.54) is 44.6 Å². The highest BCUT2D eigenvalue weighted by Crippen LogP contribution is 2.36. The number of fused-ring (bicyclic) bond motifs is 1. The van der Waals surface area contributed by atoms with Crippen LogP contribution in [0.15, 0.2) is 54.6 Å². The number of aryl methyl sites for hydroxylation is 1. The summed E-state index contributed by atoms with van der Waals surface area (Å²) in [6.07, 6.45) is 6.18. The number of unbranched alkanes of at least 4 members (excludes halogenated alkanes) is 6. The van der Waals surface area contributed by atoms with E-state index in [9.17, 15) is 8.78 Å². The number of rotatable bonds is 15. The van der Waals surface area contributed by atoms with Gasteiger partial charge in [-0.2, -0.15) is 0 Å². The molecule has 0 fully saturated rings. The van der Waals surface area contributed by atoms with Gasteiger partial charge in [0.15, 0.2) is 6.17 Å². The van der Waals surface area contributed by atoms with Gasteiger partial charge in [0.2, 0.25) is 0 Å². The van der Waals surface area contributed by atoms with E-state index in [0.717, 1.165) is 31.1 Å². The van der Waals surface area contributed by atoms with E-state index < -0.39 is 18.4 Å². The Hall–Kier alpha value is -2.49. The third-order valence-corrected chi connectivity index (χ3v) is 6.93. The van der Waals surface area contributed by atoms with Crippen molar-refractivity contribution in [3.05, 3.63) is 66.0 Å². The van der Waals surface area contributed by atoms with Crippen LogP contribution in [0.25, 0.3) is 21.9 Å². The number of halogens is 3. The van der Waals surface area contributed by atoms with Crippen molar-refractivity contribution < 1.29 is 17.9 Å². The van der Waals surface area contributed by atoms with Crippen LogP contribution in [0.5, 0.6) is 5.75 Å². The molecule has 1 nitrogen and oxygen atoms in total. The Kier molecular flexibility index (Phi) is 11.2.